The van der Waals surface area contributed by atoms with Gasteiger partial charge in [-0.15, -0.1) is 11.3 Å². The number of thiophene rings is 1. The van der Waals surface area contributed by atoms with Gasteiger partial charge in [0, 0.05) is 20.2 Å². The van der Waals surface area contributed by atoms with Crippen LogP contribution in [0.5, 0.6) is 0 Å². The predicted molar refractivity (Wildman–Crippen MR) is 109 cm³/mol. The molecule has 1 N–H and O–H groups in total. The second-order valence-corrected chi connectivity index (χ2v) is 7.87. The van der Waals surface area contributed by atoms with Crippen molar-refractivity contribution in [3.8, 4) is 0 Å². The number of hydrogen-bond acceptors (Lipinski definition) is 4. The molecule has 0 aliphatic rings. The average molecular weight is 428 g/mol. The molecule has 0 spiro atoms. The number of rotatable bonds is 3. The second kappa shape index (κ2) is 6.66. The Morgan fingerprint density at radius 1 is 1.27 bits per heavy atom. The van der Waals surface area contributed by atoms with Crippen LogP contribution in [0.3, 0.4) is 0 Å². The molecule has 0 radical (unpaired) electrons. The summed E-state index contributed by atoms with van der Waals surface area (Å²) in [6.45, 7) is 1.87. The average Bonchev–Trinajstić information content (AvgIpc) is 3.00. The molecule has 0 aliphatic heterocycles. The van der Waals surface area contributed by atoms with Gasteiger partial charge in [-0.25, -0.2) is 4.98 Å². The number of hydrogen-bond donors (Lipinski definition) is 1. The van der Waals surface area contributed by atoms with Crippen molar-refractivity contribution in [3.63, 3.8) is 0 Å². The fraction of sp³-hybridized carbons (Fsp3) is 0.105. The largest absolute Gasteiger partial charge is 0.325 e. The summed E-state index contributed by atoms with van der Waals surface area (Å²) < 4.78 is 3.91. The Morgan fingerprint density at radius 3 is 2.88 bits per heavy atom. The minimum atomic E-state index is -0.268. The fourth-order valence-electron chi connectivity index (χ4n) is 2.81. The molecule has 0 unspecified atom stereocenters. The topological polar surface area (TPSA) is 64.0 Å². The molecule has 0 atom stereocenters. The van der Waals surface area contributed by atoms with E-state index in [9.17, 15) is 9.59 Å². The van der Waals surface area contributed by atoms with Crippen molar-refractivity contribution in [2.75, 3.05) is 5.32 Å². The summed E-state index contributed by atoms with van der Waals surface area (Å²) in [6.07, 6.45) is 1.44. The molecule has 0 saturated carbocycles. The molecule has 0 fully saturated rings. The van der Waals surface area contributed by atoms with Crippen LogP contribution in [0.25, 0.3) is 20.3 Å². The molecule has 7 heteroatoms. The van der Waals surface area contributed by atoms with Gasteiger partial charge in [0.25, 0.3) is 5.56 Å². The van der Waals surface area contributed by atoms with E-state index >= 15 is 0 Å². The van der Waals surface area contributed by atoms with E-state index in [0.29, 0.717) is 15.9 Å². The zero-order valence-electron chi connectivity index (χ0n) is 13.8. The number of amides is 1. The van der Waals surface area contributed by atoms with Gasteiger partial charge in [-0.3, -0.25) is 14.2 Å². The molecular formula is C19H14BrN3O2S. The number of carbonyl (C=O) groups is 1. The number of aryl methyl sites for hydroxylation is 1. The maximum absolute atomic E-state index is 12.7. The molecule has 130 valence electrons. The fourth-order valence-corrected chi connectivity index (χ4v) is 4.16. The zero-order valence-corrected chi connectivity index (χ0v) is 16.2. The van der Waals surface area contributed by atoms with Gasteiger partial charge < -0.3 is 5.32 Å². The molecule has 0 aliphatic carbocycles. The van der Waals surface area contributed by atoms with Crippen LogP contribution in [0.2, 0.25) is 0 Å². The molecular weight excluding hydrogens is 414 g/mol. The Bertz CT molecular complexity index is 1210. The quantitative estimate of drug-likeness (QED) is 0.529. The lowest BCUT2D eigenvalue weighted by Gasteiger charge is -2.08. The zero-order chi connectivity index (χ0) is 18.3. The second-order valence-electron chi connectivity index (χ2n) is 5.97. The van der Waals surface area contributed by atoms with E-state index in [1.807, 2.05) is 49.4 Å². The normalized spacial score (nSPS) is 11.2. The Hall–Kier alpha value is -2.51. The van der Waals surface area contributed by atoms with Crippen molar-refractivity contribution in [1.29, 1.82) is 0 Å². The van der Waals surface area contributed by atoms with Crippen molar-refractivity contribution in [3.05, 3.63) is 69.2 Å². The van der Waals surface area contributed by atoms with Gasteiger partial charge in [-0.1, -0.05) is 34.1 Å². The monoisotopic (exact) mass is 427 g/mol. The van der Waals surface area contributed by atoms with Gasteiger partial charge in [-0.2, -0.15) is 0 Å². The summed E-state index contributed by atoms with van der Waals surface area (Å²) in [4.78, 5) is 29.5. The van der Waals surface area contributed by atoms with E-state index in [1.54, 1.807) is 0 Å². The lowest BCUT2D eigenvalue weighted by Crippen LogP contribution is -2.27. The summed E-state index contributed by atoms with van der Waals surface area (Å²) in [7, 11) is 0. The number of carbonyl (C=O) groups excluding carboxylic acids is 1. The number of fused-ring (bicyclic) bond motifs is 3. The third kappa shape index (κ3) is 3.04. The highest BCUT2D eigenvalue weighted by Gasteiger charge is 2.13. The van der Waals surface area contributed by atoms with Crippen molar-refractivity contribution in [2.45, 2.75) is 13.5 Å². The number of nitrogens with zero attached hydrogens (tertiary/aromatic N) is 2. The van der Waals surface area contributed by atoms with Crippen LogP contribution in [-0.4, -0.2) is 15.5 Å². The minimum Gasteiger partial charge on any atom is -0.325 e. The third-order valence-electron chi connectivity index (χ3n) is 4.11. The first kappa shape index (κ1) is 16.9. The molecule has 26 heavy (non-hydrogen) atoms. The number of anilines is 1. The molecule has 1 amide bonds. The molecule has 5 nitrogen and oxygen atoms in total. The minimum absolute atomic E-state index is 0.0782. The summed E-state index contributed by atoms with van der Waals surface area (Å²) in [6, 6.07) is 13.3. The lowest BCUT2D eigenvalue weighted by molar-refractivity contribution is -0.116. The maximum Gasteiger partial charge on any atom is 0.271 e. The van der Waals surface area contributed by atoms with E-state index in [-0.39, 0.29) is 18.0 Å². The number of aromatic nitrogens is 2. The Balaban J connectivity index is 1.63. The highest BCUT2D eigenvalue weighted by Crippen LogP contribution is 2.29. The third-order valence-corrected chi connectivity index (χ3v) is 6.14. The van der Waals surface area contributed by atoms with E-state index in [4.69, 9.17) is 0 Å². The van der Waals surface area contributed by atoms with E-state index in [2.05, 4.69) is 26.2 Å². The summed E-state index contributed by atoms with van der Waals surface area (Å²) in [5, 5.41) is 3.78. The summed E-state index contributed by atoms with van der Waals surface area (Å²) >= 11 is 4.84. The van der Waals surface area contributed by atoms with Crippen molar-refractivity contribution in [2.24, 2.45) is 0 Å². The smallest absolute Gasteiger partial charge is 0.271 e. The van der Waals surface area contributed by atoms with Gasteiger partial charge in [0.15, 0.2) is 0 Å². The van der Waals surface area contributed by atoms with E-state index in [0.717, 1.165) is 20.1 Å². The SMILES string of the molecule is Cc1cc(NC(=O)Cn2cnc3c(sc4ccccc43)c2=O)ccc1Br. The van der Waals surface area contributed by atoms with Gasteiger partial charge in [0.05, 0.1) is 11.8 Å². The van der Waals surface area contributed by atoms with Crippen LogP contribution >= 0.6 is 27.3 Å². The maximum atomic E-state index is 12.7. The van der Waals surface area contributed by atoms with Crippen molar-refractivity contribution in [1.82, 2.24) is 9.55 Å². The molecule has 0 bridgehead atoms. The molecule has 4 rings (SSSR count). The van der Waals surface area contributed by atoms with Gasteiger partial charge >= 0.3 is 0 Å². The van der Waals surface area contributed by atoms with E-state index in [1.165, 1.54) is 22.2 Å². The first-order valence-corrected chi connectivity index (χ1v) is 9.56. The molecule has 0 saturated heterocycles. The number of halogens is 1. The first-order chi connectivity index (χ1) is 12.5. The Labute approximate surface area is 161 Å². The summed E-state index contributed by atoms with van der Waals surface area (Å²) in [5.41, 5.74) is 2.21. The Morgan fingerprint density at radius 2 is 2.08 bits per heavy atom. The van der Waals surface area contributed by atoms with Gasteiger partial charge in [0.1, 0.15) is 11.2 Å². The lowest BCUT2D eigenvalue weighted by atomic mass is 10.2. The molecule has 2 aromatic heterocycles. The van der Waals surface area contributed by atoms with Crippen LogP contribution in [0.15, 0.2) is 58.1 Å². The van der Waals surface area contributed by atoms with Gasteiger partial charge in [-0.05, 0) is 36.8 Å². The van der Waals surface area contributed by atoms with Crippen LogP contribution in [0.1, 0.15) is 5.56 Å². The number of benzene rings is 2. The molecule has 2 aromatic carbocycles. The predicted octanol–water partition coefficient (Wildman–Crippen LogP) is 4.32. The Kier molecular flexibility index (Phi) is 4.34. The molecule has 4 aromatic rings. The summed E-state index contributed by atoms with van der Waals surface area (Å²) in [5.74, 6) is -0.268. The number of nitrogens with one attached hydrogen (secondary N) is 1. The highest BCUT2D eigenvalue weighted by atomic mass is 79.9. The van der Waals surface area contributed by atoms with Crippen LogP contribution in [0, 0.1) is 6.92 Å². The standard InChI is InChI=1S/C19H14BrN3O2S/c1-11-8-12(6-7-14(11)20)22-16(24)9-23-10-21-17-13-4-2-3-5-15(13)26-18(17)19(23)25/h2-8,10H,9H2,1H3,(H,22,24). The first-order valence-electron chi connectivity index (χ1n) is 7.95. The van der Waals surface area contributed by atoms with Gasteiger partial charge in [0.2, 0.25) is 5.91 Å². The van der Waals surface area contributed by atoms with Crippen LogP contribution in [0.4, 0.5) is 5.69 Å². The van der Waals surface area contributed by atoms with Crippen molar-refractivity contribution >= 4 is 59.2 Å². The van der Waals surface area contributed by atoms with Crippen LogP contribution in [-0.2, 0) is 11.3 Å². The van der Waals surface area contributed by atoms with E-state index < -0.39 is 0 Å². The van der Waals surface area contributed by atoms with Crippen LogP contribution < -0.4 is 10.9 Å². The highest BCUT2D eigenvalue weighted by molar-refractivity contribution is 9.10. The molecule has 2 heterocycles. The van der Waals surface area contributed by atoms with Crippen molar-refractivity contribution < 1.29 is 4.79 Å².